The van der Waals surface area contributed by atoms with Crippen LogP contribution < -0.4 is 16.2 Å². The van der Waals surface area contributed by atoms with E-state index in [0.717, 1.165) is 10.0 Å². The van der Waals surface area contributed by atoms with Gasteiger partial charge in [-0.2, -0.15) is 0 Å². The van der Waals surface area contributed by atoms with Crippen LogP contribution in [-0.2, 0) is 11.2 Å². The van der Waals surface area contributed by atoms with Gasteiger partial charge in [0.1, 0.15) is 0 Å². The highest BCUT2D eigenvalue weighted by molar-refractivity contribution is 9.10. The van der Waals surface area contributed by atoms with Crippen LogP contribution in [-0.4, -0.2) is 17.7 Å². The minimum Gasteiger partial charge on any atom is -0.322 e. The lowest BCUT2D eigenvalue weighted by Crippen LogP contribution is -2.42. The van der Waals surface area contributed by atoms with Crippen LogP contribution >= 0.6 is 27.5 Å². The van der Waals surface area contributed by atoms with E-state index in [9.17, 15) is 14.4 Å². The highest BCUT2D eigenvalue weighted by Crippen LogP contribution is 2.15. The molecule has 3 N–H and O–H groups in total. The van der Waals surface area contributed by atoms with Gasteiger partial charge in [-0.05, 0) is 54.1 Å². The number of amides is 3. The minimum absolute atomic E-state index is 0.0974. The first-order valence-electron chi connectivity index (χ1n) is 8.91. The van der Waals surface area contributed by atoms with Crippen molar-refractivity contribution in [3.63, 3.8) is 0 Å². The molecule has 0 bridgehead atoms. The predicted molar refractivity (Wildman–Crippen MR) is 119 cm³/mol. The Labute approximate surface area is 186 Å². The molecule has 0 aliphatic carbocycles. The predicted octanol–water partition coefficient (Wildman–Crippen LogP) is 4.36. The maximum Gasteiger partial charge on any atom is 0.269 e. The molecule has 0 aromatic heterocycles. The van der Waals surface area contributed by atoms with Crippen molar-refractivity contribution in [2.45, 2.75) is 6.42 Å². The molecule has 6 nitrogen and oxygen atoms in total. The van der Waals surface area contributed by atoms with Crippen LogP contribution in [0.5, 0.6) is 0 Å². The number of rotatable bonds is 5. The highest BCUT2D eigenvalue weighted by Gasteiger charge is 2.11. The molecule has 3 amide bonds. The van der Waals surface area contributed by atoms with Gasteiger partial charge >= 0.3 is 0 Å². The Morgan fingerprint density at radius 1 is 0.800 bits per heavy atom. The summed E-state index contributed by atoms with van der Waals surface area (Å²) in [5, 5.41) is 3.33. The van der Waals surface area contributed by atoms with Gasteiger partial charge in [0, 0.05) is 26.3 Å². The second-order valence-corrected chi connectivity index (χ2v) is 7.70. The van der Waals surface area contributed by atoms with E-state index in [1.807, 2.05) is 6.07 Å². The molecule has 0 spiro atoms. The van der Waals surface area contributed by atoms with Gasteiger partial charge in [0.05, 0.1) is 6.42 Å². The van der Waals surface area contributed by atoms with Crippen LogP contribution in [0.3, 0.4) is 0 Å². The van der Waals surface area contributed by atoms with Crippen molar-refractivity contribution in [1.29, 1.82) is 0 Å². The van der Waals surface area contributed by atoms with Crippen LogP contribution in [0.2, 0.25) is 5.02 Å². The molecule has 0 saturated carbocycles. The average Bonchev–Trinajstić information content (AvgIpc) is 2.74. The topological polar surface area (TPSA) is 87.3 Å². The third-order valence-corrected chi connectivity index (χ3v) is 4.81. The average molecular weight is 487 g/mol. The van der Waals surface area contributed by atoms with Crippen molar-refractivity contribution < 1.29 is 14.4 Å². The fourth-order valence-electron chi connectivity index (χ4n) is 2.60. The lowest BCUT2D eigenvalue weighted by molar-refractivity contribution is -0.121. The zero-order valence-electron chi connectivity index (χ0n) is 15.6. The Kier molecular flexibility index (Phi) is 7.21. The normalized spacial score (nSPS) is 10.2. The van der Waals surface area contributed by atoms with Crippen molar-refractivity contribution in [2.24, 2.45) is 0 Å². The fraction of sp³-hybridized carbons (Fsp3) is 0.0455. The van der Waals surface area contributed by atoms with E-state index >= 15 is 0 Å². The molecule has 3 rings (SSSR count). The Bertz CT molecular complexity index is 1090. The van der Waals surface area contributed by atoms with Crippen LogP contribution in [0.25, 0.3) is 0 Å². The van der Waals surface area contributed by atoms with Crippen molar-refractivity contribution in [1.82, 2.24) is 10.9 Å². The first-order chi connectivity index (χ1) is 14.4. The van der Waals surface area contributed by atoms with E-state index in [-0.39, 0.29) is 23.8 Å². The second kappa shape index (κ2) is 10.0. The number of carbonyl (C=O) groups excluding carboxylic acids is 3. The first kappa shape index (κ1) is 21.5. The SMILES string of the molecule is O=C(Cc1ccc(Cl)cc1)NNC(=O)c1cccc(NC(=O)c2cccc(Br)c2)c1. The van der Waals surface area contributed by atoms with E-state index < -0.39 is 5.91 Å². The van der Waals surface area contributed by atoms with E-state index in [2.05, 4.69) is 32.1 Å². The quantitative estimate of drug-likeness (QED) is 0.468. The molecule has 0 saturated heterocycles. The van der Waals surface area contributed by atoms with Gasteiger partial charge in [-0.1, -0.05) is 51.8 Å². The third kappa shape index (κ3) is 6.17. The number of hydrogen-bond donors (Lipinski definition) is 3. The Hall–Kier alpha value is -3.16. The first-order valence-corrected chi connectivity index (χ1v) is 10.1. The van der Waals surface area contributed by atoms with Crippen LogP contribution in [0, 0.1) is 0 Å². The van der Waals surface area contributed by atoms with Gasteiger partial charge in [0.25, 0.3) is 11.8 Å². The molecule has 3 aromatic rings. The van der Waals surface area contributed by atoms with Gasteiger partial charge in [-0.3, -0.25) is 25.2 Å². The second-order valence-electron chi connectivity index (χ2n) is 6.35. The van der Waals surface area contributed by atoms with Crippen molar-refractivity contribution in [3.8, 4) is 0 Å². The molecular weight excluding hydrogens is 470 g/mol. The van der Waals surface area contributed by atoms with E-state index in [1.54, 1.807) is 60.7 Å². The number of nitrogens with one attached hydrogen (secondary N) is 3. The van der Waals surface area contributed by atoms with Crippen LogP contribution in [0.15, 0.2) is 77.3 Å². The maximum absolute atomic E-state index is 12.4. The molecule has 152 valence electrons. The summed E-state index contributed by atoms with van der Waals surface area (Å²) in [6.07, 6.45) is 0.0974. The summed E-state index contributed by atoms with van der Waals surface area (Å²) in [5.41, 5.74) is 6.73. The van der Waals surface area contributed by atoms with Crippen molar-refractivity contribution >= 4 is 50.9 Å². The fourth-order valence-corrected chi connectivity index (χ4v) is 3.13. The van der Waals surface area contributed by atoms with E-state index in [1.165, 1.54) is 6.07 Å². The van der Waals surface area contributed by atoms with Gasteiger partial charge in [0.2, 0.25) is 5.91 Å². The summed E-state index contributed by atoms with van der Waals surface area (Å²) in [4.78, 5) is 36.7. The number of anilines is 1. The minimum atomic E-state index is -0.502. The number of benzene rings is 3. The number of carbonyl (C=O) groups is 3. The van der Waals surface area contributed by atoms with Crippen molar-refractivity contribution in [3.05, 3.63) is 99.0 Å². The molecule has 8 heteroatoms. The summed E-state index contributed by atoms with van der Waals surface area (Å²) in [6, 6.07) is 20.2. The summed E-state index contributed by atoms with van der Waals surface area (Å²) in [7, 11) is 0. The molecule has 0 aliphatic rings. The molecule has 0 atom stereocenters. The lowest BCUT2D eigenvalue weighted by atomic mass is 10.1. The summed E-state index contributed by atoms with van der Waals surface area (Å²) >= 11 is 9.14. The summed E-state index contributed by atoms with van der Waals surface area (Å²) in [6.45, 7) is 0. The van der Waals surface area contributed by atoms with Gasteiger partial charge in [-0.15, -0.1) is 0 Å². The maximum atomic E-state index is 12.4. The number of halogens is 2. The van der Waals surface area contributed by atoms with Gasteiger partial charge in [0.15, 0.2) is 0 Å². The Morgan fingerprint density at radius 3 is 2.17 bits per heavy atom. The number of hydrogen-bond acceptors (Lipinski definition) is 3. The zero-order valence-corrected chi connectivity index (χ0v) is 18.0. The largest absolute Gasteiger partial charge is 0.322 e. The van der Waals surface area contributed by atoms with Gasteiger partial charge in [-0.25, -0.2) is 0 Å². The van der Waals surface area contributed by atoms with Gasteiger partial charge < -0.3 is 5.32 Å². The zero-order chi connectivity index (χ0) is 21.5. The molecule has 0 aliphatic heterocycles. The highest BCUT2D eigenvalue weighted by atomic mass is 79.9. The third-order valence-electron chi connectivity index (χ3n) is 4.06. The van der Waals surface area contributed by atoms with E-state index in [0.29, 0.717) is 16.3 Å². The molecule has 0 radical (unpaired) electrons. The summed E-state index contributed by atoms with van der Waals surface area (Å²) < 4.78 is 0.789. The smallest absolute Gasteiger partial charge is 0.269 e. The van der Waals surface area contributed by atoms with Crippen LogP contribution in [0.1, 0.15) is 26.3 Å². The molecule has 0 unspecified atom stereocenters. The van der Waals surface area contributed by atoms with E-state index in [4.69, 9.17) is 11.6 Å². The van der Waals surface area contributed by atoms with Crippen LogP contribution in [0.4, 0.5) is 5.69 Å². The standard InChI is InChI=1S/C22H17BrClN3O3/c23-17-5-1-3-15(12-17)21(29)25-19-6-2-4-16(13-19)22(30)27-26-20(28)11-14-7-9-18(24)10-8-14/h1-10,12-13H,11H2,(H,25,29)(H,26,28)(H,27,30). The molecule has 0 fully saturated rings. The Morgan fingerprint density at radius 2 is 1.47 bits per heavy atom. The summed E-state index contributed by atoms with van der Waals surface area (Å²) in [5.74, 6) is -1.17. The number of hydrazine groups is 1. The van der Waals surface area contributed by atoms with Crippen molar-refractivity contribution in [2.75, 3.05) is 5.32 Å². The molecule has 30 heavy (non-hydrogen) atoms. The molecule has 0 heterocycles. The molecule has 3 aromatic carbocycles. The monoisotopic (exact) mass is 485 g/mol. The lowest BCUT2D eigenvalue weighted by Gasteiger charge is -2.10. The Balaban J connectivity index is 1.56. The molecular formula is C22H17BrClN3O3.